The highest BCUT2D eigenvalue weighted by molar-refractivity contribution is 4.94. The van der Waals surface area contributed by atoms with Crippen LogP contribution in [0.4, 0.5) is 0 Å². The van der Waals surface area contributed by atoms with Gasteiger partial charge in [0.05, 0.1) is 24.0 Å². The number of rotatable bonds is 4. The van der Waals surface area contributed by atoms with Crippen LogP contribution in [0.5, 0.6) is 0 Å². The van der Waals surface area contributed by atoms with Gasteiger partial charge in [-0.25, -0.2) is 4.68 Å². The maximum absolute atomic E-state index is 5.34. The first-order valence-corrected chi connectivity index (χ1v) is 6.26. The van der Waals surface area contributed by atoms with Crippen LogP contribution in [0.2, 0.25) is 0 Å². The smallest absolute Gasteiger partial charge is 0.0965 e. The molecule has 0 aliphatic carbocycles. The summed E-state index contributed by atoms with van der Waals surface area (Å²) in [6, 6.07) is 0. The fourth-order valence-corrected chi connectivity index (χ4v) is 1.86. The summed E-state index contributed by atoms with van der Waals surface area (Å²) in [6.07, 6.45) is 3.18. The lowest BCUT2D eigenvalue weighted by atomic mass is 10.1. The van der Waals surface area contributed by atoms with Crippen LogP contribution in [0.15, 0.2) is 6.20 Å². The minimum absolute atomic E-state index is 0.00451. The second-order valence-electron chi connectivity index (χ2n) is 5.69. The first kappa shape index (κ1) is 12.5. The zero-order valence-electron chi connectivity index (χ0n) is 10.9. The van der Waals surface area contributed by atoms with Crippen molar-refractivity contribution in [3.05, 3.63) is 11.9 Å². The van der Waals surface area contributed by atoms with E-state index in [1.54, 1.807) is 0 Å². The van der Waals surface area contributed by atoms with Crippen LogP contribution in [-0.2, 0) is 16.8 Å². The molecule has 96 valence electrons. The van der Waals surface area contributed by atoms with Gasteiger partial charge in [-0.1, -0.05) is 5.21 Å². The number of hydrogen-bond donors (Lipinski definition) is 1. The summed E-state index contributed by atoms with van der Waals surface area (Å²) in [5, 5.41) is 11.7. The summed E-state index contributed by atoms with van der Waals surface area (Å²) >= 11 is 0. The van der Waals surface area contributed by atoms with Crippen molar-refractivity contribution in [3.8, 4) is 0 Å². The standard InChI is InChI=1S/C12H22N4O/c1-12(2,3)16-8-11(14-15-16)7-13-6-10-4-5-17-9-10/h8,10,13H,4-7,9H2,1-3H3. The molecule has 1 aliphatic heterocycles. The van der Waals surface area contributed by atoms with Gasteiger partial charge in [0.2, 0.25) is 0 Å². The van der Waals surface area contributed by atoms with E-state index in [0.29, 0.717) is 5.92 Å². The molecule has 0 amide bonds. The monoisotopic (exact) mass is 238 g/mol. The minimum Gasteiger partial charge on any atom is -0.381 e. The van der Waals surface area contributed by atoms with Crippen molar-refractivity contribution in [1.29, 1.82) is 0 Å². The van der Waals surface area contributed by atoms with Gasteiger partial charge < -0.3 is 10.1 Å². The van der Waals surface area contributed by atoms with Crippen LogP contribution in [0.3, 0.4) is 0 Å². The Hall–Kier alpha value is -0.940. The second kappa shape index (κ2) is 5.14. The fourth-order valence-electron chi connectivity index (χ4n) is 1.86. The number of hydrogen-bond acceptors (Lipinski definition) is 4. The Morgan fingerprint density at radius 3 is 2.94 bits per heavy atom. The van der Waals surface area contributed by atoms with Crippen molar-refractivity contribution in [1.82, 2.24) is 20.3 Å². The summed E-state index contributed by atoms with van der Waals surface area (Å²) in [7, 11) is 0. The normalized spacial score (nSPS) is 21.0. The quantitative estimate of drug-likeness (QED) is 0.855. The summed E-state index contributed by atoms with van der Waals surface area (Å²) in [4.78, 5) is 0. The third-order valence-corrected chi connectivity index (χ3v) is 2.99. The van der Waals surface area contributed by atoms with Gasteiger partial charge in [-0.15, -0.1) is 5.10 Å². The summed E-state index contributed by atoms with van der Waals surface area (Å²) in [5.74, 6) is 0.660. The molecule has 1 aliphatic rings. The van der Waals surface area contributed by atoms with Gasteiger partial charge >= 0.3 is 0 Å². The molecule has 1 aromatic rings. The molecule has 0 radical (unpaired) electrons. The number of ether oxygens (including phenoxy) is 1. The molecule has 5 heteroatoms. The summed E-state index contributed by atoms with van der Waals surface area (Å²) < 4.78 is 7.24. The zero-order valence-corrected chi connectivity index (χ0v) is 10.9. The molecule has 1 saturated heterocycles. The molecule has 2 heterocycles. The van der Waals surface area contributed by atoms with Crippen LogP contribution in [0.25, 0.3) is 0 Å². The van der Waals surface area contributed by atoms with Crippen molar-refractivity contribution in [2.45, 2.75) is 39.3 Å². The van der Waals surface area contributed by atoms with E-state index in [0.717, 1.165) is 32.0 Å². The van der Waals surface area contributed by atoms with Crippen LogP contribution >= 0.6 is 0 Å². The molecular formula is C12H22N4O. The van der Waals surface area contributed by atoms with Gasteiger partial charge in [0, 0.05) is 19.7 Å². The highest BCUT2D eigenvalue weighted by Gasteiger charge is 2.16. The first-order chi connectivity index (χ1) is 8.05. The van der Waals surface area contributed by atoms with E-state index in [-0.39, 0.29) is 5.54 Å². The van der Waals surface area contributed by atoms with Gasteiger partial charge in [0.15, 0.2) is 0 Å². The predicted molar refractivity (Wildman–Crippen MR) is 65.7 cm³/mol. The Labute approximate surface area is 103 Å². The molecule has 1 N–H and O–H groups in total. The molecule has 17 heavy (non-hydrogen) atoms. The average Bonchev–Trinajstić information content (AvgIpc) is 2.86. The van der Waals surface area contributed by atoms with Gasteiger partial charge in [0.1, 0.15) is 0 Å². The Morgan fingerprint density at radius 1 is 1.53 bits per heavy atom. The molecular weight excluding hydrogens is 216 g/mol. The topological polar surface area (TPSA) is 52.0 Å². The molecule has 1 atom stereocenters. The van der Waals surface area contributed by atoms with Crippen molar-refractivity contribution < 1.29 is 4.74 Å². The Balaban J connectivity index is 1.77. The lowest BCUT2D eigenvalue weighted by molar-refractivity contribution is 0.185. The second-order valence-corrected chi connectivity index (χ2v) is 5.69. The fraction of sp³-hybridized carbons (Fsp3) is 0.833. The lowest BCUT2D eigenvalue weighted by Crippen LogP contribution is -2.23. The molecule has 1 unspecified atom stereocenters. The third kappa shape index (κ3) is 3.51. The van der Waals surface area contributed by atoms with Gasteiger partial charge in [-0.05, 0) is 33.1 Å². The maximum Gasteiger partial charge on any atom is 0.0965 e. The largest absolute Gasteiger partial charge is 0.381 e. The van der Waals surface area contributed by atoms with E-state index in [2.05, 4.69) is 36.4 Å². The van der Waals surface area contributed by atoms with E-state index in [1.165, 1.54) is 6.42 Å². The van der Waals surface area contributed by atoms with Crippen molar-refractivity contribution >= 4 is 0 Å². The van der Waals surface area contributed by atoms with Gasteiger partial charge in [-0.2, -0.15) is 0 Å². The predicted octanol–water partition coefficient (Wildman–Crippen LogP) is 1.16. The molecule has 5 nitrogen and oxygen atoms in total. The zero-order chi connectivity index (χ0) is 12.3. The molecule has 2 rings (SSSR count). The Morgan fingerprint density at radius 2 is 2.35 bits per heavy atom. The SMILES string of the molecule is CC(C)(C)n1cc(CNCC2CCOC2)nn1. The van der Waals surface area contributed by atoms with Crippen molar-refractivity contribution in [2.24, 2.45) is 5.92 Å². The Bertz CT molecular complexity index is 350. The highest BCUT2D eigenvalue weighted by Crippen LogP contribution is 2.12. The lowest BCUT2D eigenvalue weighted by Gasteiger charge is -2.17. The van der Waals surface area contributed by atoms with Gasteiger partial charge in [-0.3, -0.25) is 0 Å². The molecule has 0 aromatic carbocycles. The van der Waals surface area contributed by atoms with E-state index in [9.17, 15) is 0 Å². The Kier molecular flexibility index (Phi) is 3.79. The minimum atomic E-state index is 0.00451. The average molecular weight is 238 g/mol. The van der Waals surface area contributed by atoms with E-state index >= 15 is 0 Å². The number of nitrogens with one attached hydrogen (secondary N) is 1. The molecule has 0 bridgehead atoms. The van der Waals surface area contributed by atoms with Crippen LogP contribution < -0.4 is 5.32 Å². The molecule has 0 saturated carbocycles. The van der Waals surface area contributed by atoms with Crippen molar-refractivity contribution in [2.75, 3.05) is 19.8 Å². The number of aromatic nitrogens is 3. The molecule has 1 fully saturated rings. The summed E-state index contributed by atoms with van der Waals surface area (Å²) in [5.41, 5.74) is 1.00. The number of nitrogens with zero attached hydrogens (tertiary/aromatic N) is 3. The van der Waals surface area contributed by atoms with E-state index in [4.69, 9.17) is 4.74 Å². The van der Waals surface area contributed by atoms with Crippen molar-refractivity contribution in [3.63, 3.8) is 0 Å². The highest BCUT2D eigenvalue weighted by atomic mass is 16.5. The van der Waals surface area contributed by atoms with Gasteiger partial charge in [0.25, 0.3) is 0 Å². The van der Waals surface area contributed by atoms with E-state index in [1.807, 2.05) is 10.9 Å². The summed E-state index contributed by atoms with van der Waals surface area (Å²) in [6.45, 7) is 9.95. The van der Waals surface area contributed by atoms with E-state index < -0.39 is 0 Å². The maximum atomic E-state index is 5.34. The third-order valence-electron chi connectivity index (χ3n) is 2.99. The molecule has 0 spiro atoms. The van der Waals surface area contributed by atoms with Crippen LogP contribution in [0.1, 0.15) is 32.9 Å². The van der Waals surface area contributed by atoms with Crippen LogP contribution in [-0.4, -0.2) is 34.8 Å². The van der Waals surface area contributed by atoms with Crippen LogP contribution in [0, 0.1) is 5.92 Å². The first-order valence-electron chi connectivity index (χ1n) is 6.26. The molecule has 1 aromatic heterocycles.